The third kappa shape index (κ3) is 3.20. The molecule has 0 aliphatic rings. The molecule has 2 aromatic rings. The molecule has 0 aliphatic heterocycles. The van der Waals surface area contributed by atoms with Crippen molar-refractivity contribution in [2.24, 2.45) is 0 Å². The van der Waals surface area contributed by atoms with Crippen molar-refractivity contribution in [2.45, 2.75) is 26.3 Å². The summed E-state index contributed by atoms with van der Waals surface area (Å²) in [5, 5.41) is 2.93. The molecule has 0 aliphatic carbocycles. The van der Waals surface area contributed by atoms with Gasteiger partial charge in [0.2, 0.25) is 0 Å². The van der Waals surface area contributed by atoms with E-state index >= 15 is 0 Å². The largest absolute Gasteiger partial charge is 0.486 e. The van der Waals surface area contributed by atoms with E-state index in [1.54, 1.807) is 11.3 Å². The van der Waals surface area contributed by atoms with Crippen LogP contribution >= 0.6 is 22.9 Å². The quantitative estimate of drug-likeness (QED) is 0.779. The summed E-state index contributed by atoms with van der Waals surface area (Å²) >= 11 is 7.29. The van der Waals surface area contributed by atoms with Gasteiger partial charge in [0.15, 0.2) is 0 Å². The molecule has 0 spiro atoms. The Kier molecular flexibility index (Phi) is 4.02. The summed E-state index contributed by atoms with van der Waals surface area (Å²) in [5.74, 6) is 1.38. The molecule has 1 aromatic carbocycles. The number of halogens is 1. The number of aromatic nitrogens is 1. The van der Waals surface area contributed by atoms with Gasteiger partial charge in [-0.1, -0.05) is 12.1 Å². The standard InChI is InChI=1S/C13H14ClNOS/c1-9-3-4-10(2)12(5-9)16-7-13-15-11(6-14)8-17-13/h3-5,8H,6-7H2,1-2H3. The maximum atomic E-state index is 5.77. The highest BCUT2D eigenvalue weighted by molar-refractivity contribution is 7.09. The van der Waals surface area contributed by atoms with Crippen LogP contribution in [0.2, 0.25) is 0 Å². The molecular weight excluding hydrogens is 254 g/mol. The minimum atomic E-state index is 0.458. The zero-order chi connectivity index (χ0) is 12.3. The number of thiazole rings is 1. The molecule has 2 rings (SSSR count). The van der Waals surface area contributed by atoms with E-state index in [2.05, 4.69) is 24.0 Å². The van der Waals surface area contributed by atoms with Crippen LogP contribution in [0.4, 0.5) is 0 Å². The predicted molar refractivity (Wildman–Crippen MR) is 71.9 cm³/mol. The Morgan fingerprint density at radius 1 is 1.35 bits per heavy atom. The van der Waals surface area contributed by atoms with Gasteiger partial charge in [0.05, 0.1) is 11.6 Å². The molecule has 0 bridgehead atoms. The van der Waals surface area contributed by atoms with Gasteiger partial charge in [-0.2, -0.15) is 0 Å². The van der Waals surface area contributed by atoms with Crippen LogP contribution in [-0.4, -0.2) is 4.98 Å². The first-order valence-electron chi connectivity index (χ1n) is 5.38. The van der Waals surface area contributed by atoms with E-state index < -0.39 is 0 Å². The van der Waals surface area contributed by atoms with Gasteiger partial charge in [-0.25, -0.2) is 4.98 Å². The number of nitrogens with zero attached hydrogens (tertiary/aromatic N) is 1. The van der Waals surface area contributed by atoms with Crippen molar-refractivity contribution in [2.75, 3.05) is 0 Å². The maximum Gasteiger partial charge on any atom is 0.140 e. The van der Waals surface area contributed by atoms with Crippen LogP contribution in [0.3, 0.4) is 0 Å². The normalized spacial score (nSPS) is 10.5. The Morgan fingerprint density at radius 2 is 2.18 bits per heavy atom. The molecule has 4 heteroatoms. The molecule has 0 saturated carbocycles. The average Bonchev–Trinajstić information content (AvgIpc) is 2.78. The van der Waals surface area contributed by atoms with Gasteiger partial charge in [0, 0.05) is 5.38 Å². The van der Waals surface area contributed by atoms with Gasteiger partial charge in [0.25, 0.3) is 0 Å². The monoisotopic (exact) mass is 267 g/mol. The van der Waals surface area contributed by atoms with Crippen LogP contribution in [0.15, 0.2) is 23.6 Å². The van der Waals surface area contributed by atoms with E-state index in [0.717, 1.165) is 22.0 Å². The van der Waals surface area contributed by atoms with Crippen molar-refractivity contribution in [3.63, 3.8) is 0 Å². The number of aryl methyl sites for hydroxylation is 2. The number of ether oxygens (including phenoxy) is 1. The Labute approximate surface area is 110 Å². The fraction of sp³-hybridized carbons (Fsp3) is 0.308. The van der Waals surface area contributed by atoms with E-state index in [1.807, 2.05) is 18.4 Å². The smallest absolute Gasteiger partial charge is 0.140 e. The fourth-order valence-electron chi connectivity index (χ4n) is 1.48. The van der Waals surface area contributed by atoms with Crippen LogP contribution in [0, 0.1) is 13.8 Å². The van der Waals surface area contributed by atoms with Crippen LogP contribution in [-0.2, 0) is 12.5 Å². The summed E-state index contributed by atoms with van der Waals surface area (Å²) in [7, 11) is 0. The van der Waals surface area contributed by atoms with E-state index in [9.17, 15) is 0 Å². The molecule has 0 N–H and O–H groups in total. The molecule has 1 aromatic heterocycles. The first-order chi connectivity index (χ1) is 8.19. The van der Waals surface area contributed by atoms with E-state index in [4.69, 9.17) is 16.3 Å². The second-order valence-electron chi connectivity index (χ2n) is 3.92. The third-order valence-electron chi connectivity index (χ3n) is 2.43. The summed E-state index contributed by atoms with van der Waals surface area (Å²) < 4.78 is 5.77. The Balaban J connectivity index is 2.04. The first-order valence-corrected chi connectivity index (χ1v) is 6.80. The third-order valence-corrected chi connectivity index (χ3v) is 3.58. The van der Waals surface area contributed by atoms with Gasteiger partial charge in [-0.3, -0.25) is 0 Å². The first kappa shape index (κ1) is 12.4. The second-order valence-corrected chi connectivity index (χ2v) is 5.13. The number of hydrogen-bond donors (Lipinski definition) is 0. The fourth-order valence-corrected chi connectivity index (χ4v) is 2.41. The molecule has 0 saturated heterocycles. The lowest BCUT2D eigenvalue weighted by Gasteiger charge is -2.08. The zero-order valence-corrected chi connectivity index (χ0v) is 11.4. The topological polar surface area (TPSA) is 22.1 Å². The highest BCUT2D eigenvalue weighted by Crippen LogP contribution is 2.21. The molecule has 0 unspecified atom stereocenters. The van der Waals surface area contributed by atoms with Crippen molar-refractivity contribution < 1.29 is 4.74 Å². The molecule has 0 radical (unpaired) electrons. The number of alkyl halides is 1. The van der Waals surface area contributed by atoms with Crippen LogP contribution in [0.5, 0.6) is 5.75 Å². The maximum absolute atomic E-state index is 5.77. The highest BCUT2D eigenvalue weighted by Gasteiger charge is 2.04. The minimum absolute atomic E-state index is 0.458. The van der Waals surface area contributed by atoms with Crippen molar-refractivity contribution >= 4 is 22.9 Å². The van der Waals surface area contributed by atoms with Crippen LogP contribution < -0.4 is 4.74 Å². The van der Waals surface area contributed by atoms with E-state index in [-0.39, 0.29) is 0 Å². The summed E-state index contributed by atoms with van der Waals surface area (Å²) in [6.07, 6.45) is 0. The molecule has 0 amide bonds. The van der Waals surface area contributed by atoms with Gasteiger partial charge in [-0.15, -0.1) is 22.9 Å². The minimum Gasteiger partial charge on any atom is -0.486 e. The molecule has 0 fully saturated rings. The Morgan fingerprint density at radius 3 is 2.88 bits per heavy atom. The molecular formula is C13H14ClNOS. The van der Waals surface area contributed by atoms with Crippen molar-refractivity contribution in [3.8, 4) is 5.75 Å². The Bertz CT molecular complexity index is 510. The van der Waals surface area contributed by atoms with Gasteiger partial charge in [0.1, 0.15) is 17.4 Å². The van der Waals surface area contributed by atoms with Gasteiger partial charge < -0.3 is 4.74 Å². The van der Waals surface area contributed by atoms with E-state index in [0.29, 0.717) is 12.5 Å². The van der Waals surface area contributed by atoms with Crippen molar-refractivity contribution in [3.05, 3.63) is 45.4 Å². The summed E-state index contributed by atoms with van der Waals surface area (Å²) in [6.45, 7) is 4.61. The van der Waals surface area contributed by atoms with Crippen molar-refractivity contribution in [1.29, 1.82) is 0 Å². The number of hydrogen-bond acceptors (Lipinski definition) is 3. The molecule has 0 atom stereocenters. The van der Waals surface area contributed by atoms with Crippen molar-refractivity contribution in [1.82, 2.24) is 4.98 Å². The van der Waals surface area contributed by atoms with Gasteiger partial charge >= 0.3 is 0 Å². The van der Waals surface area contributed by atoms with Gasteiger partial charge in [-0.05, 0) is 31.0 Å². The highest BCUT2D eigenvalue weighted by atomic mass is 35.5. The Hall–Kier alpha value is -1.06. The molecule has 1 heterocycles. The molecule has 90 valence electrons. The van der Waals surface area contributed by atoms with Crippen LogP contribution in [0.25, 0.3) is 0 Å². The SMILES string of the molecule is Cc1ccc(C)c(OCc2nc(CCl)cs2)c1. The predicted octanol–water partition coefficient (Wildman–Crippen LogP) is 4.08. The molecule has 2 nitrogen and oxygen atoms in total. The summed E-state index contributed by atoms with van der Waals surface area (Å²) in [6, 6.07) is 6.19. The van der Waals surface area contributed by atoms with Crippen LogP contribution in [0.1, 0.15) is 21.8 Å². The zero-order valence-electron chi connectivity index (χ0n) is 9.87. The lowest BCUT2D eigenvalue weighted by molar-refractivity contribution is 0.303. The average molecular weight is 268 g/mol. The lowest BCUT2D eigenvalue weighted by atomic mass is 10.1. The lowest BCUT2D eigenvalue weighted by Crippen LogP contribution is -1.97. The van der Waals surface area contributed by atoms with E-state index in [1.165, 1.54) is 5.56 Å². The second kappa shape index (κ2) is 5.52. The number of rotatable bonds is 4. The summed E-state index contributed by atoms with van der Waals surface area (Å²) in [5.41, 5.74) is 3.26. The number of benzene rings is 1. The molecule has 17 heavy (non-hydrogen) atoms. The summed E-state index contributed by atoms with van der Waals surface area (Å²) in [4.78, 5) is 4.36.